The quantitative estimate of drug-likeness (QED) is 0.659. The van der Waals surface area contributed by atoms with E-state index in [1.165, 1.54) is 32.1 Å². The maximum atomic E-state index is 13.0. The van der Waals surface area contributed by atoms with E-state index >= 15 is 0 Å². The molecule has 0 spiro atoms. The smallest absolute Gasteiger partial charge is 0.328 e. The van der Waals surface area contributed by atoms with Crippen molar-refractivity contribution in [3.8, 4) is 0 Å². The molecule has 6 heteroatoms. The molecule has 2 atom stereocenters. The highest BCUT2D eigenvalue weighted by Gasteiger charge is 2.48. The monoisotopic (exact) mass is 440 g/mol. The van der Waals surface area contributed by atoms with Crippen LogP contribution in [0.15, 0.2) is 30.3 Å². The van der Waals surface area contributed by atoms with Crippen molar-refractivity contribution in [2.24, 2.45) is 23.7 Å². The summed E-state index contributed by atoms with van der Waals surface area (Å²) in [4.78, 5) is 27.9. The summed E-state index contributed by atoms with van der Waals surface area (Å²) in [5, 5.41) is 3.40. The van der Waals surface area contributed by atoms with Gasteiger partial charge in [-0.05, 0) is 68.3 Å². The maximum absolute atomic E-state index is 13.0. The minimum atomic E-state index is -0.463. The molecule has 6 nitrogen and oxygen atoms in total. The number of rotatable bonds is 7. The number of nitrogens with zero attached hydrogens (tertiary/aromatic N) is 1. The average molecular weight is 441 g/mol. The van der Waals surface area contributed by atoms with Crippen LogP contribution in [0.2, 0.25) is 0 Å². The second kappa shape index (κ2) is 9.52. The van der Waals surface area contributed by atoms with Crippen molar-refractivity contribution in [2.45, 2.75) is 63.6 Å². The van der Waals surface area contributed by atoms with Crippen LogP contribution >= 0.6 is 0 Å². The zero-order valence-corrected chi connectivity index (χ0v) is 19.1. The lowest BCUT2D eigenvalue weighted by atomic mass is 9.54. The predicted octanol–water partition coefficient (Wildman–Crippen LogP) is 3.32. The van der Waals surface area contributed by atoms with Gasteiger partial charge in [0.1, 0.15) is 6.04 Å². The fourth-order valence-electron chi connectivity index (χ4n) is 7.07. The summed E-state index contributed by atoms with van der Waals surface area (Å²) in [6.45, 7) is 3.89. The molecule has 32 heavy (non-hydrogen) atoms. The molecule has 1 N–H and O–H groups in total. The second-order valence-electron chi connectivity index (χ2n) is 10.3. The molecule has 4 aliphatic carbocycles. The zero-order chi connectivity index (χ0) is 22.1. The van der Waals surface area contributed by atoms with Crippen LogP contribution in [0.4, 0.5) is 0 Å². The SMILES string of the molecule is CCOC(=O)C(c1ccccc1)N1CCOC(CC(=O)NC2C3CC4CC(C3)CC2C4)C1. The van der Waals surface area contributed by atoms with Gasteiger partial charge in [0.15, 0.2) is 0 Å². The van der Waals surface area contributed by atoms with Crippen LogP contribution in [0.5, 0.6) is 0 Å². The van der Waals surface area contributed by atoms with Crippen molar-refractivity contribution in [1.82, 2.24) is 10.2 Å². The number of benzene rings is 1. The first-order valence-corrected chi connectivity index (χ1v) is 12.5. The van der Waals surface area contributed by atoms with Gasteiger partial charge in [0.2, 0.25) is 5.91 Å². The largest absolute Gasteiger partial charge is 0.465 e. The molecule has 0 aromatic heterocycles. The van der Waals surface area contributed by atoms with Gasteiger partial charge in [-0.3, -0.25) is 9.69 Å². The van der Waals surface area contributed by atoms with Crippen LogP contribution in [-0.4, -0.2) is 55.2 Å². The Hall–Kier alpha value is -1.92. The molecule has 1 aliphatic heterocycles. The summed E-state index contributed by atoms with van der Waals surface area (Å²) in [6.07, 6.45) is 6.75. The average Bonchev–Trinajstić information content (AvgIpc) is 2.77. The number of esters is 1. The van der Waals surface area contributed by atoms with Gasteiger partial charge in [0.25, 0.3) is 0 Å². The molecule has 6 rings (SSSR count). The lowest BCUT2D eigenvalue weighted by Gasteiger charge is -2.54. The van der Waals surface area contributed by atoms with Crippen molar-refractivity contribution in [2.75, 3.05) is 26.3 Å². The van der Waals surface area contributed by atoms with Crippen molar-refractivity contribution in [3.05, 3.63) is 35.9 Å². The molecule has 1 aromatic rings. The Balaban J connectivity index is 1.20. The van der Waals surface area contributed by atoms with E-state index in [2.05, 4.69) is 10.2 Å². The molecular weight excluding hydrogens is 404 g/mol. The summed E-state index contributed by atoms with van der Waals surface area (Å²) in [5.74, 6) is 3.01. The first kappa shape index (κ1) is 21.9. The minimum Gasteiger partial charge on any atom is -0.465 e. The minimum absolute atomic E-state index is 0.0988. The van der Waals surface area contributed by atoms with Gasteiger partial charge in [0, 0.05) is 19.1 Å². The Morgan fingerprint density at radius 2 is 1.78 bits per heavy atom. The molecule has 1 amide bonds. The predicted molar refractivity (Wildman–Crippen MR) is 121 cm³/mol. The van der Waals surface area contributed by atoms with E-state index < -0.39 is 6.04 Å². The topological polar surface area (TPSA) is 67.9 Å². The van der Waals surface area contributed by atoms with Crippen LogP contribution in [0, 0.1) is 23.7 Å². The van der Waals surface area contributed by atoms with E-state index in [4.69, 9.17) is 9.47 Å². The van der Waals surface area contributed by atoms with Crippen LogP contribution in [0.25, 0.3) is 0 Å². The van der Waals surface area contributed by atoms with E-state index in [0.717, 1.165) is 17.4 Å². The Morgan fingerprint density at radius 3 is 2.44 bits per heavy atom. The van der Waals surface area contributed by atoms with E-state index in [9.17, 15) is 9.59 Å². The van der Waals surface area contributed by atoms with Gasteiger partial charge in [-0.15, -0.1) is 0 Å². The molecule has 1 aromatic carbocycles. The number of ether oxygens (including phenoxy) is 2. The lowest BCUT2D eigenvalue weighted by molar-refractivity contribution is -0.153. The van der Waals surface area contributed by atoms with Gasteiger partial charge in [-0.2, -0.15) is 0 Å². The summed E-state index contributed by atoms with van der Waals surface area (Å²) >= 11 is 0. The highest BCUT2D eigenvalue weighted by Crippen LogP contribution is 2.53. The van der Waals surface area contributed by atoms with Gasteiger partial charge < -0.3 is 14.8 Å². The number of carbonyl (C=O) groups excluding carboxylic acids is 2. The first-order chi connectivity index (χ1) is 15.6. The Bertz CT molecular complexity index is 785. The first-order valence-electron chi connectivity index (χ1n) is 12.5. The number of morpholine rings is 1. The van der Waals surface area contributed by atoms with Crippen LogP contribution in [0.3, 0.4) is 0 Å². The van der Waals surface area contributed by atoms with Gasteiger partial charge >= 0.3 is 5.97 Å². The normalized spacial score (nSPS) is 34.8. The van der Waals surface area contributed by atoms with Crippen molar-refractivity contribution < 1.29 is 19.1 Å². The fraction of sp³-hybridized carbons (Fsp3) is 0.692. The Kier molecular flexibility index (Phi) is 6.51. The molecule has 5 fully saturated rings. The lowest BCUT2D eigenvalue weighted by Crippen LogP contribution is -2.56. The third-order valence-electron chi connectivity index (χ3n) is 8.13. The van der Waals surface area contributed by atoms with E-state index in [1.54, 1.807) is 0 Å². The number of hydrogen-bond acceptors (Lipinski definition) is 5. The van der Waals surface area contributed by atoms with Crippen LogP contribution < -0.4 is 5.32 Å². The molecule has 5 aliphatic rings. The highest BCUT2D eigenvalue weighted by molar-refractivity contribution is 5.78. The highest BCUT2D eigenvalue weighted by atomic mass is 16.5. The van der Waals surface area contributed by atoms with E-state index in [0.29, 0.717) is 50.6 Å². The molecule has 2 unspecified atom stereocenters. The summed E-state index contributed by atoms with van der Waals surface area (Å²) in [5.41, 5.74) is 0.921. The van der Waals surface area contributed by atoms with Crippen LogP contribution in [0.1, 0.15) is 57.1 Å². The molecule has 4 saturated carbocycles. The number of amides is 1. The third kappa shape index (κ3) is 4.58. The van der Waals surface area contributed by atoms with E-state index in [1.807, 2.05) is 37.3 Å². The van der Waals surface area contributed by atoms with Gasteiger partial charge in [0.05, 0.1) is 25.7 Å². The van der Waals surface area contributed by atoms with Crippen molar-refractivity contribution in [3.63, 3.8) is 0 Å². The third-order valence-corrected chi connectivity index (χ3v) is 8.13. The number of carbonyl (C=O) groups is 2. The maximum Gasteiger partial charge on any atom is 0.328 e. The number of nitrogens with one attached hydrogen (secondary N) is 1. The molecule has 1 saturated heterocycles. The number of hydrogen-bond donors (Lipinski definition) is 1. The van der Waals surface area contributed by atoms with Gasteiger partial charge in [-0.1, -0.05) is 30.3 Å². The second-order valence-corrected chi connectivity index (χ2v) is 10.3. The molecule has 4 bridgehead atoms. The van der Waals surface area contributed by atoms with Crippen LogP contribution in [-0.2, 0) is 19.1 Å². The molecule has 174 valence electrons. The molecule has 0 radical (unpaired) electrons. The summed E-state index contributed by atoms with van der Waals surface area (Å²) < 4.78 is 11.3. The van der Waals surface area contributed by atoms with E-state index in [-0.39, 0.29) is 18.0 Å². The standard InChI is InChI=1S/C26H36N2O4/c1-2-31-26(30)25(19-6-4-3-5-7-19)28-8-9-32-22(16-28)15-23(29)27-24-20-11-17-10-18(13-20)14-21(24)12-17/h3-7,17-18,20-22,24-25H,2,8-16H2,1H3,(H,27,29). The molecular formula is C26H36N2O4. The Labute approximate surface area is 191 Å². The fourth-order valence-corrected chi connectivity index (χ4v) is 7.07. The zero-order valence-electron chi connectivity index (χ0n) is 19.1. The molecule has 1 heterocycles. The summed E-state index contributed by atoms with van der Waals surface area (Å²) in [7, 11) is 0. The Morgan fingerprint density at radius 1 is 1.09 bits per heavy atom. The summed E-state index contributed by atoms with van der Waals surface area (Å²) in [6, 6.07) is 9.65. The van der Waals surface area contributed by atoms with Crippen molar-refractivity contribution in [1.29, 1.82) is 0 Å². The van der Waals surface area contributed by atoms with Crippen molar-refractivity contribution >= 4 is 11.9 Å². The van der Waals surface area contributed by atoms with Gasteiger partial charge in [-0.25, -0.2) is 4.79 Å².